The molecule has 0 aliphatic rings. The van der Waals surface area contributed by atoms with Gasteiger partial charge in [-0.15, -0.1) is 6.58 Å². The normalized spacial score (nSPS) is 10.1. The van der Waals surface area contributed by atoms with E-state index in [0.717, 1.165) is 26.1 Å². The topological polar surface area (TPSA) is 21.3 Å². The van der Waals surface area contributed by atoms with Crippen molar-refractivity contribution in [3.8, 4) is 0 Å². The highest BCUT2D eigenvalue weighted by molar-refractivity contribution is 5.13. The van der Waals surface area contributed by atoms with Gasteiger partial charge in [0.2, 0.25) is 0 Å². The van der Waals surface area contributed by atoms with Crippen molar-refractivity contribution in [3.63, 3.8) is 0 Å². The third kappa shape index (κ3) is 6.05. The highest BCUT2D eigenvalue weighted by Gasteiger charge is 1.91. The van der Waals surface area contributed by atoms with E-state index in [-0.39, 0.29) is 0 Å². The molecule has 0 heterocycles. The van der Waals surface area contributed by atoms with Gasteiger partial charge in [-0.25, -0.2) is 0 Å². The second-order valence-corrected chi connectivity index (χ2v) is 3.37. The number of ether oxygens (including phenoxy) is 1. The Morgan fingerprint density at radius 1 is 1.20 bits per heavy atom. The first kappa shape index (κ1) is 12.0. The number of hydrogen-bond acceptors (Lipinski definition) is 2. The minimum atomic E-state index is 0.698. The maximum Gasteiger partial charge on any atom is 0.0717 e. The van der Waals surface area contributed by atoms with Gasteiger partial charge in [-0.05, 0) is 18.5 Å². The zero-order valence-electron chi connectivity index (χ0n) is 9.11. The molecule has 15 heavy (non-hydrogen) atoms. The molecule has 2 heteroatoms. The summed E-state index contributed by atoms with van der Waals surface area (Å²) in [5, 5.41) is 3.28. The Balaban J connectivity index is 1.95. The highest BCUT2D eigenvalue weighted by Crippen LogP contribution is 1.99. The summed E-state index contributed by atoms with van der Waals surface area (Å²) in [5.74, 6) is 0. The van der Waals surface area contributed by atoms with E-state index in [0.29, 0.717) is 6.61 Å². The lowest BCUT2D eigenvalue weighted by Gasteiger charge is -2.05. The summed E-state index contributed by atoms with van der Waals surface area (Å²) in [7, 11) is 0. The van der Waals surface area contributed by atoms with E-state index in [2.05, 4.69) is 24.0 Å². The first-order chi connectivity index (χ1) is 7.43. The van der Waals surface area contributed by atoms with E-state index >= 15 is 0 Å². The SMILES string of the molecule is C=CCCNCCOCc1ccccc1. The van der Waals surface area contributed by atoms with Crippen LogP contribution in [0.25, 0.3) is 0 Å². The second-order valence-electron chi connectivity index (χ2n) is 3.37. The van der Waals surface area contributed by atoms with E-state index in [1.54, 1.807) is 0 Å². The van der Waals surface area contributed by atoms with Crippen molar-refractivity contribution >= 4 is 0 Å². The monoisotopic (exact) mass is 205 g/mol. The molecule has 1 rings (SSSR count). The van der Waals surface area contributed by atoms with Crippen LogP contribution in [0.3, 0.4) is 0 Å². The summed E-state index contributed by atoms with van der Waals surface area (Å²) < 4.78 is 5.51. The predicted octanol–water partition coefficient (Wildman–Crippen LogP) is 2.37. The zero-order valence-corrected chi connectivity index (χ0v) is 9.11. The van der Waals surface area contributed by atoms with Crippen LogP contribution in [0, 0.1) is 0 Å². The largest absolute Gasteiger partial charge is 0.375 e. The van der Waals surface area contributed by atoms with Crippen LogP contribution in [-0.2, 0) is 11.3 Å². The quantitative estimate of drug-likeness (QED) is 0.519. The van der Waals surface area contributed by atoms with Gasteiger partial charge in [0.25, 0.3) is 0 Å². The van der Waals surface area contributed by atoms with Crippen LogP contribution in [0.1, 0.15) is 12.0 Å². The molecule has 0 aliphatic heterocycles. The maximum atomic E-state index is 5.51. The Hall–Kier alpha value is -1.12. The van der Waals surface area contributed by atoms with Crippen molar-refractivity contribution in [2.45, 2.75) is 13.0 Å². The molecule has 1 N–H and O–H groups in total. The number of nitrogens with one attached hydrogen (secondary N) is 1. The van der Waals surface area contributed by atoms with Gasteiger partial charge in [0.1, 0.15) is 0 Å². The molecule has 0 radical (unpaired) electrons. The molecule has 0 fully saturated rings. The predicted molar refractivity (Wildman–Crippen MR) is 63.8 cm³/mol. The molecule has 0 saturated carbocycles. The minimum absolute atomic E-state index is 0.698. The van der Waals surface area contributed by atoms with Gasteiger partial charge < -0.3 is 10.1 Å². The van der Waals surface area contributed by atoms with E-state index < -0.39 is 0 Å². The number of benzene rings is 1. The molecule has 0 bridgehead atoms. The molecular weight excluding hydrogens is 186 g/mol. The summed E-state index contributed by atoms with van der Waals surface area (Å²) in [6.07, 6.45) is 2.93. The second kappa shape index (κ2) is 8.21. The number of hydrogen-bond donors (Lipinski definition) is 1. The van der Waals surface area contributed by atoms with Crippen LogP contribution >= 0.6 is 0 Å². The summed E-state index contributed by atoms with van der Waals surface area (Å²) in [6, 6.07) is 10.2. The smallest absolute Gasteiger partial charge is 0.0717 e. The fraction of sp³-hybridized carbons (Fsp3) is 0.385. The van der Waals surface area contributed by atoms with Gasteiger partial charge in [0.05, 0.1) is 13.2 Å². The van der Waals surface area contributed by atoms with E-state index in [1.165, 1.54) is 5.56 Å². The molecule has 2 nitrogen and oxygen atoms in total. The Bertz CT molecular complexity index is 258. The van der Waals surface area contributed by atoms with Crippen molar-refractivity contribution in [1.82, 2.24) is 5.32 Å². The Morgan fingerprint density at radius 3 is 2.73 bits per heavy atom. The van der Waals surface area contributed by atoms with Crippen molar-refractivity contribution in [2.75, 3.05) is 19.7 Å². The molecule has 82 valence electrons. The van der Waals surface area contributed by atoms with Crippen molar-refractivity contribution in [2.24, 2.45) is 0 Å². The summed E-state index contributed by atoms with van der Waals surface area (Å²) in [5.41, 5.74) is 1.23. The summed E-state index contributed by atoms with van der Waals surface area (Å²) in [4.78, 5) is 0. The van der Waals surface area contributed by atoms with Gasteiger partial charge in [-0.1, -0.05) is 36.4 Å². The molecule has 0 saturated heterocycles. The van der Waals surface area contributed by atoms with Crippen molar-refractivity contribution < 1.29 is 4.74 Å². The standard InChI is InChI=1S/C13H19NO/c1-2-3-9-14-10-11-15-12-13-7-5-4-6-8-13/h2,4-8,14H,1,3,9-12H2. The highest BCUT2D eigenvalue weighted by atomic mass is 16.5. The summed E-state index contributed by atoms with van der Waals surface area (Å²) >= 11 is 0. The van der Waals surface area contributed by atoms with Crippen LogP contribution in [-0.4, -0.2) is 19.7 Å². The fourth-order valence-corrected chi connectivity index (χ4v) is 1.24. The fourth-order valence-electron chi connectivity index (χ4n) is 1.24. The van der Waals surface area contributed by atoms with Gasteiger partial charge >= 0.3 is 0 Å². The van der Waals surface area contributed by atoms with Crippen LogP contribution in [0.5, 0.6) is 0 Å². The first-order valence-corrected chi connectivity index (χ1v) is 5.37. The van der Waals surface area contributed by atoms with Crippen LogP contribution in [0.2, 0.25) is 0 Å². The van der Waals surface area contributed by atoms with Crippen molar-refractivity contribution in [3.05, 3.63) is 48.6 Å². The number of rotatable bonds is 8. The molecular formula is C13H19NO. The molecule has 0 aromatic heterocycles. The molecule has 1 aromatic carbocycles. The lowest BCUT2D eigenvalue weighted by molar-refractivity contribution is 0.123. The third-order valence-electron chi connectivity index (χ3n) is 2.06. The van der Waals surface area contributed by atoms with E-state index in [9.17, 15) is 0 Å². The molecule has 0 atom stereocenters. The molecule has 1 aromatic rings. The van der Waals surface area contributed by atoms with Gasteiger partial charge in [-0.2, -0.15) is 0 Å². The van der Waals surface area contributed by atoms with Gasteiger partial charge in [-0.3, -0.25) is 0 Å². The Labute approximate surface area is 92.0 Å². The van der Waals surface area contributed by atoms with Crippen LogP contribution in [0.4, 0.5) is 0 Å². The Kier molecular flexibility index (Phi) is 6.54. The molecule has 0 unspecified atom stereocenters. The van der Waals surface area contributed by atoms with Gasteiger partial charge in [0.15, 0.2) is 0 Å². The van der Waals surface area contributed by atoms with Gasteiger partial charge in [0, 0.05) is 6.54 Å². The molecule has 0 amide bonds. The maximum absolute atomic E-state index is 5.51. The molecule has 0 spiro atoms. The van der Waals surface area contributed by atoms with E-state index in [4.69, 9.17) is 4.74 Å². The lowest BCUT2D eigenvalue weighted by atomic mass is 10.2. The van der Waals surface area contributed by atoms with Crippen LogP contribution < -0.4 is 5.32 Å². The molecule has 0 aliphatic carbocycles. The third-order valence-corrected chi connectivity index (χ3v) is 2.06. The van der Waals surface area contributed by atoms with Crippen molar-refractivity contribution in [1.29, 1.82) is 0 Å². The Morgan fingerprint density at radius 2 is 2.00 bits per heavy atom. The average molecular weight is 205 g/mol. The first-order valence-electron chi connectivity index (χ1n) is 5.37. The van der Waals surface area contributed by atoms with E-state index in [1.807, 2.05) is 24.3 Å². The zero-order chi connectivity index (χ0) is 10.8. The van der Waals surface area contributed by atoms with Crippen LogP contribution in [0.15, 0.2) is 43.0 Å². The average Bonchev–Trinajstić information content (AvgIpc) is 2.29. The minimum Gasteiger partial charge on any atom is -0.375 e. The summed E-state index contributed by atoms with van der Waals surface area (Å²) in [6.45, 7) is 7.01. The lowest BCUT2D eigenvalue weighted by Crippen LogP contribution is -2.20.